The monoisotopic (exact) mass is 349 g/mol. The van der Waals surface area contributed by atoms with Crippen molar-refractivity contribution < 1.29 is 9.84 Å². The van der Waals surface area contributed by atoms with E-state index in [1.807, 2.05) is 12.1 Å². The molecule has 0 spiro atoms. The summed E-state index contributed by atoms with van der Waals surface area (Å²) < 4.78 is 5.84. The Morgan fingerprint density at radius 3 is 2.77 bits per heavy atom. The van der Waals surface area contributed by atoms with Crippen LogP contribution in [0.5, 0.6) is 5.75 Å². The summed E-state index contributed by atoms with van der Waals surface area (Å²) in [5.41, 5.74) is 4.74. The van der Waals surface area contributed by atoms with Crippen LogP contribution in [0.1, 0.15) is 17.5 Å². The van der Waals surface area contributed by atoms with Crippen LogP contribution in [0.4, 0.5) is 5.82 Å². The molecule has 0 saturated carbocycles. The van der Waals surface area contributed by atoms with Gasteiger partial charge in [0.05, 0.1) is 12.3 Å². The van der Waals surface area contributed by atoms with E-state index in [9.17, 15) is 0 Å². The lowest BCUT2D eigenvalue weighted by Gasteiger charge is -2.07. The van der Waals surface area contributed by atoms with Gasteiger partial charge in [0.25, 0.3) is 0 Å². The van der Waals surface area contributed by atoms with Crippen LogP contribution in [0, 0.1) is 6.92 Å². The Bertz CT molecular complexity index is 986. The number of hydrogen-bond donors (Lipinski definition) is 4. The Morgan fingerprint density at radius 1 is 1.04 bits per heavy atom. The summed E-state index contributed by atoms with van der Waals surface area (Å²) in [4.78, 5) is 0. The van der Waals surface area contributed by atoms with E-state index in [0.717, 1.165) is 40.1 Å². The number of ether oxygens (including phenoxy) is 1. The first-order valence-corrected chi connectivity index (χ1v) is 8.91. The van der Waals surface area contributed by atoms with E-state index in [0.29, 0.717) is 13.0 Å². The Kier molecular flexibility index (Phi) is 4.54. The van der Waals surface area contributed by atoms with Crippen LogP contribution in [0.25, 0.3) is 22.0 Å². The summed E-state index contributed by atoms with van der Waals surface area (Å²) in [6.45, 7) is 3.54. The summed E-state index contributed by atoms with van der Waals surface area (Å²) in [7, 11) is 0. The summed E-state index contributed by atoms with van der Waals surface area (Å²) >= 11 is 0. The summed E-state index contributed by atoms with van der Waals surface area (Å²) in [5.74, 6) is 1.83. The van der Waals surface area contributed by atoms with Crippen molar-refractivity contribution in [1.29, 1.82) is 0 Å². The van der Waals surface area contributed by atoms with Crippen molar-refractivity contribution in [2.45, 2.75) is 19.9 Å². The van der Waals surface area contributed by atoms with E-state index in [1.165, 1.54) is 11.1 Å². The van der Waals surface area contributed by atoms with Crippen molar-refractivity contribution in [3.63, 3.8) is 0 Å². The first-order chi connectivity index (χ1) is 12.8. The van der Waals surface area contributed by atoms with Crippen molar-refractivity contribution in [3.05, 3.63) is 59.7 Å². The zero-order valence-electron chi connectivity index (χ0n) is 14.8. The van der Waals surface area contributed by atoms with Crippen molar-refractivity contribution in [2.24, 2.45) is 0 Å². The van der Waals surface area contributed by atoms with Crippen LogP contribution < -0.4 is 10.1 Å². The highest BCUT2D eigenvalue weighted by Crippen LogP contribution is 2.41. The van der Waals surface area contributed by atoms with Crippen LogP contribution in [0.2, 0.25) is 0 Å². The van der Waals surface area contributed by atoms with Crippen LogP contribution in [0.15, 0.2) is 48.5 Å². The van der Waals surface area contributed by atoms with E-state index in [1.54, 1.807) is 0 Å². The fourth-order valence-electron chi connectivity index (χ4n) is 3.30. The van der Waals surface area contributed by atoms with Gasteiger partial charge in [-0.25, -0.2) is 0 Å². The van der Waals surface area contributed by atoms with Crippen molar-refractivity contribution >= 4 is 16.6 Å². The van der Waals surface area contributed by atoms with Gasteiger partial charge in [0.1, 0.15) is 11.6 Å². The van der Waals surface area contributed by atoms with Gasteiger partial charge in [-0.1, -0.05) is 36.4 Å². The second-order valence-corrected chi connectivity index (χ2v) is 6.48. The molecule has 0 radical (unpaired) electrons. The first-order valence-electron chi connectivity index (χ1n) is 8.91. The minimum absolute atomic E-state index is 0.139. The highest BCUT2D eigenvalue weighted by Gasteiger charge is 2.18. The Balaban J connectivity index is 1.61. The number of aliphatic hydroxyl groups excluding tert-OH is 1. The predicted octanol–water partition coefficient (Wildman–Crippen LogP) is 4.28. The molecule has 1 aliphatic carbocycles. The minimum Gasteiger partial charge on any atom is -0.493 e. The number of aromatic amines is 2. The summed E-state index contributed by atoms with van der Waals surface area (Å²) in [6.07, 6.45) is 0.631. The van der Waals surface area contributed by atoms with E-state index in [-0.39, 0.29) is 6.61 Å². The molecule has 0 aromatic heterocycles. The van der Waals surface area contributed by atoms with Gasteiger partial charge in [-0.2, -0.15) is 0 Å². The fourth-order valence-corrected chi connectivity index (χ4v) is 3.30. The van der Waals surface area contributed by atoms with Gasteiger partial charge in [0.15, 0.2) is 0 Å². The molecule has 0 amide bonds. The first kappa shape index (κ1) is 16.5. The maximum atomic E-state index is 8.95. The molecule has 0 bridgehead atoms. The second-order valence-electron chi connectivity index (χ2n) is 6.48. The van der Waals surface area contributed by atoms with Gasteiger partial charge in [0.2, 0.25) is 0 Å². The lowest BCUT2D eigenvalue weighted by atomic mass is 10.1. The zero-order valence-corrected chi connectivity index (χ0v) is 14.8. The lowest BCUT2D eigenvalue weighted by Crippen LogP contribution is -2.01. The molecule has 0 atom stereocenters. The number of aliphatic hydroxyl groups is 1. The Hall–Kier alpha value is -2.92. The zero-order chi connectivity index (χ0) is 17.9. The van der Waals surface area contributed by atoms with E-state index < -0.39 is 0 Å². The minimum atomic E-state index is 0.139. The number of aryl methyl sites for hydroxylation is 1. The molecule has 0 unspecified atom stereocenters. The van der Waals surface area contributed by atoms with Gasteiger partial charge in [-0.05, 0) is 30.2 Å². The molecule has 1 heterocycles. The van der Waals surface area contributed by atoms with Crippen LogP contribution in [-0.2, 0) is 6.54 Å². The topological polar surface area (TPSA) is 73.1 Å². The van der Waals surface area contributed by atoms with Crippen LogP contribution in [0.3, 0.4) is 0 Å². The number of hydrogen-bond acceptors (Lipinski definition) is 3. The average molecular weight is 349 g/mol. The molecular weight excluding hydrogens is 326 g/mol. The lowest BCUT2D eigenvalue weighted by molar-refractivity contribution is 0.235. The average Bonchev–Trinajstić information content (AvgIpc) is 3.21. The Morgan fingerprint density at radius 2 is 1.92 bits per heavy atom. The van der Waals surface area contributed by atoms with Gasteiger partial charge < -0.3 is 15.2 Å². The molecule has 26 heavy (non-hydrogen) atoms. The molecule has 1 aliphatic heterocycles. The number of benzene rings is 2. The number of aromatic nitrogens is 2. The molecule has 2 aromatic rings. The van der Waals surface area contributed by atoms with Gasteiger partial charge in [-0.3, -0.25) is 10.2 Å². The normalized spacial score (nSPS) is 11.3. The molecule has 0 saturated heterocycles. The van der Waals surface area contributed by atoms with Gasteiger partial charge >= 0.3 is 0 Å². The number of H-pyrrole nitrogens is 2. The van der Waals surface area contributed by atoms with Crippen LogP contribution in [-0.4, -0.2) is 28.5 Å². The molecular formula is C21H23N3O2. The number of nitrogens with one attached hydrogen (secondary N) is 3. The van der Waals surface area contributed by atoms with E-state index in [2.05, 4.69) is 58.8 Å². The van der Waals surface area contributed by atoms with E-state index >= 15 is 0 Å². The van der Waals surface area contributed by atoms with Crippen molar-refractivity contribution in [1.82, 2.24) is 10.2 Å². The smallest absolute Gasteiger partial charge is 0.127 e. The molecule has 5 nitrogen and oxygen atoms in total. The molecule has 2 aliphatic rings. The maximum absolute atomic E-state index is 8.95. The largest absolute Gasteiger partial charge is 0.493 e. The van der Waals surface area contributed by atoms with Gasteiger partial charge in [0, 0.05) is 35.9 Å². The number of fused-ring (bicyclic) bond motifs is 3. The third-order valence-electron chi connectivity index (χ3n) is 4.75. The highest BCUT2D eigenvalue weighted by atomic mass is 16.5. The third-order valence-corrected chi connectivity index (χ3v) is 4.75. The molecule has 4 rings (SSSR count). The number of anilines is 1. The molecule has 5 heteroatoms. The molecule has 0 fully saturated rings. The summed E-state index contributed by atoms with van der Waals surface area (Å²) in [6, 6.07) is 16.6. The quantitative estimate of drug-likeness (QED) is 0.376. The molecule has 4 N–H and O–H groups in total. The standard InChI is InChI=1S/C21H23N3O2/c1-14-6-2-3-7-15(14)13-22-21-18-12-17-16(20(18)23-24-21)8-4-9-19(17)26-11-5-10-25/h2-4,6-9,12,22-25H,5,10-11,13H2,1H3. The third kappa shape index (κ3) is 3.02. The van der Waals surface area contributed by atoms with Crippen molar-refractivity contribution in [3.8, 4) is 17.0 Å². The second kappa shape index (κ2) is 7.14. The highest BCUT2D eigenvalue weighted by molar-refractivity contribution is 6.06. The number of rotatable bonds is 7. The SMILES string of the molecule is Cc1ccccc1CNc1[nH][nH]c2c3cccc(OCCCO)c3cc1-2. The van der Waals surface area contributed by atoms with Gasteiger partial charge in [-0.15, -0.1) is 0 Å². The maximum Gasteiger partial charge on any atom is 0.127 e. The van der Waals surface area contributed by atoms with Crippen LogP contribution >= 0.6 is 0 Å². The molecule has 2 aromatic carbocycles. The van der Waals surface area contributed by atoms with E-state index in [4.69, 9.17) is 9.84 Å². The fraction of sp³-hybridized carbons (Fsp3) is 0.238. The summed E-state index contributed by atoms with van der Waals surface area (Å²) in [5, 5.41) is 21.2. The molecule has 134 valence electrons. The van der Waals surface area contributed by atoms with Crippen molar-refractivity contribution in [2.75, 3.05) is 18.5 Å². The Labute approximate surface area is 152 Å². The predicted molar refractivity (Wildman–Crippen MR) is 105 cm³/mol.